The number of benzene rings is 1. The lowest BCUT2D eigenvalue weighted by atomic mass is 10.0. The molecule has 26 heavy (non-hydrogen) atoms. The van der Waals surface area contributed by atoms with Gasteiger partial charge < -0.3 is 5.32 Å². The van der Waals surface area contributed by atoms with Crippen molar-refractivity contribution in [3.63, 3.8) is 0 Å². The van der Waals surface area contributed by atoms with Crippen LogP contribution in [-0.2, 0) is 14.6 Å². The van der Waals surface area contributed by atoms with Gasteiger partial charge in [0.1, 0.15) is 6.04 Å². The van der Waals surface area contributed by atoms with Crippen molar-refractivity contribution in [3.8, 4) is 0 Å². The molecule has 0 saturated carbocycles. The molecule has 7 nitrogen and oxygen atoms in total. The summed E-state index contributed by atoms with van der Waals surface area (Å²) in [5, 5.41) is 2.72. The summed E-state index contributed by atoms with van der Waals surface area (Å²) in [5.74, 6) is -1.43. The van der Waals surface area contributed by atoms with Gasteiger partial charge in [-0.25, -0.2) is 8.42 Å². The number of nitrogens with zero attached hydrogens (tertiary/aromatic N) is 1. The Morgan fingerprint density at radius 1 is 1.19 bits per heavy atom. The molecule has 0 aliphatic carbocycles. The van der Waals surface area contributed by atoms with E-state index in [0.29, 0.717) is 24.0 Å². The van der Waals surface area contributed by atoms with Crippen LogP contribution < -0.4 is 5.32 Å². The summed E-state index contributed by atoms with van der Waals surface area (Å²) in [6.07, 6.45) is 0.668. The van der Waals surface area contributed by atoms with E-state index in [1.165, 1.54) is 0 Å². The van der Waals surface area contributed by atoms with Gasteiger partial charge in [0.15, 0.2) is 9.84 Å². The molecule has 1 saturated heterocycles. The highest BCUT2D eigenvalue weighted by atomic mass is 32.2. The fraction of sp³-hybridized carbons (Fsp3) is 0.500. The molecule has 0 aromatic heterocycles. The van der Waals surface area contributed by atoms with Crippen LogP contribution in [0.3, 0.4) is 0 Å². The minimum atomic E-state index is -3.14. The summed E-state index contributed by atoms with van der Waals surface area (Å²) in [6, 6.07) is 5.07. The number of hydrogen-bond donors (Lipinski definition) is 1. The molecule has 1 aromatic rings. The standard InChI is InChI=1S/C18H22N2O5S/c1-11(2)9-15(16(21)19-12-7-8-26(24,25)10-12)20-17(22)13-5-3-4-6-14(13)18(20)23/h3-6,11-12,15H,7-10H2,1-2H3,(H,19,21)/t12-,15+/m0/s1. The average Bonchev–Trinajstić information content (AvgIpc) is 3.03. The molecule has 0 bridgehead atoms. The Bertz CT molecular complexity index is 827. The van der Waals surface area contributed by atoms with E-state index in [4.69, 9.17) is 0 Å². The molecule has 0 spiro atoms. The van der Waals surface area contributed by atoms with Crippen molar-refractivity contribution < 1.29 is 22.8 Å². The topological polar surface area (TPSA) is 101 Å². The third-order valence-corrected chi connectivity index (χ3v) is 6.48. The number of amides is 3. The van der Waals surface area contributed by atoms with Crippen molar-refractivity contribution in [2.75, 3.05) is 11.5 Å². The van der Waals surface area contributed by atoms with Crippen molar-refractivity contribution in [2.45, 2.75) is 38.8 Å². The van der Waals surface area contributed by atoms with Gasteiger partial charge in [-0.3, -0.25) is 19.3 Å². The van der Waals surface area contributed by atoms with Crippen LogP contribution in [0.2, 0.25) is 0 Å². The smallest absolute Gasteiger partial charge is 0.262 e. The lowest BCUT2D eigenvalue weighted by Crippen LogP contribution is -2.52. The number of imide groups is 1. The maximum atomic E-state index is 12.8. The predicted octanol–water partition coefficient (Wildman–Crippen LogP) is 1.00. The van der Waals surface area contributed by atoms with Gasteiger partial charge in [-0.1, -0.05) is 26.0 Å². The molecule has 0 radical (unpaired) electrons. The third-order valence-electron chi connectivity index (χ3n) is 4.71. The van der Waals surface area contributed by atoms with Gasteiger partial charge in [-0.05, 0) is 30.9 Å². The first-order chi connectivity index (χ1) is 12.2. The van der Waals surface area contributed by atoms with Crippen LogP contribution in [0.1, 0.15) is 47.4 Å². The van der Waals surface area contributed by atoms with Crippen molar-refractivity contribution in [1.29, 1.82) is 0 Å². The molecule has 2 atom stereocenters. The molecule has 140 valence electrons. The van der Waals surface area contributed by atoms with Gasteiger partial charge in [0, 0.05) is 6.04 Å². The molecule has 0 unspecified atom stereocenters. The lowest BCUT2D eigenvalue weighted by molar-refractivity contribution is -0.126. The molecule has 2 aliphatic heterocycles. The van der Waals surface area contributed by atoms with E-state index in [2.05, 4.69) is 5.32 Å². The normalized spacial score (nSPS) is 22.6. The second-order valence-electron chi connectivity index (χ2n) is 7.28. The van der Waals surface area contributed by atoms with E-state index >= 15 is 0 Å². The summed E-state index contributed by atoms with van der Waals surface area (Å²) in [6.45, 7) is 3.80. The van der Waals surface area contributed by atoms with Gasteiger partial charge in [-0.2, -0.15) is 0 Å². The number of carbonyl (C=O) groups excluding carboxylic acids is 3. The monoisotopic (exact) mass is 378 g/mol. The van der Waals surface area contributed by atoms with E-state index in [-0.39, 0.29) is 17.4 Å². The highest BCUT2D eigenvalue weighted by molar-refractivity contribution is 7.91. The maximum absolute atomic E-state index is 12.8. The van der Waals surface area contributed by atoms with Gasteiger partial charge in [-0.15, -0.1) is 0 Å². The number of nitrogens with one attached hydrogen (secondary N) is 1. The molecule has 2 heterocycles. The van der Waals surface area contributed by atoms with Crippen LogP contribution in [0.25, 0.3) is 0 Å². The molecular formula is C18H22N2O5S. The highest BCUT2D eigenvalue weighted by Crippen LogP contribution is 2.27. The van der Waals surface area contributed by atoms with Crippen LogP contribution in [0.15, 0.2) is 24.3 Å². The van der Waals surface area contributed by atoms with E-state index in [1.54, 1.807) is 24.3 Å². The SMILES string of the molecule is CC(C)C[C@H](C(=O)N[C@H]1CCS(=O)(=O)C1)N1C(=O)c2ccccc2C1=O. The minimum Gasteiger partial charge on any atom is -0.351 e. The second-order valence-corrected chi connectivity index (χ2v) is 9.51. The summed E-state index contributed by atoms with van der Waals surface area (Å²) < 4.78 is 23.2. The third kappa shape index (κ3) is 3.51. The van der Waals surface area contributed by atoms with Crippen molar-refractivity contribution in [2.24, 2.45) is 5.92 Å². The van der Waals surface area contributed by atoms with Crippen LogP contribution in [0, 0.1) is 5.92 Å². The molecule has 3 amide bonds. The average molecular weight is 378 g/mol. The van der Waals surface area contributed by atoms with Gasteiger partial charge >= 0.3 is 0 Å². The summed E-state index contributed by atoms with van der Waals surface area (Å²) in [7, 11) is -3.14. The van der Waals surface area contributed by atoms with Crippen LogP contribution in [0.5, 0.6) is 0 Å². The summed E-state index contributed by atoms with van der Waals surface area (Å²) >= 11 is 0. The summed E-state index contributed by atoms with van der Waals surface area (Å²) in [4.78, 5) is 39.2. The van der Waals surface area contributed by atoms with Crippen LogP contribution >= 0.6 is 0 Å². The summed E-state index contributed by atoms with van der Waals surface area (Å²) in [5.41, 5.74) is 0.588. The van der Waals surface area contributed by atoms with Crippen molar-refractivity contribution in [3.05, 3.63) is 35.4 Å². The molecule has 1 N–H and O–H groups in total. The first-order valence-electron chi connectivity index (χ1n) is 8.67. The zero-order valence-corrected chi connectivity index (χ0v) is 15.6. The van der Waals surface area contributed by atoms with E-state index < -0.39 is 39.6 Å². The van der Waals surface area contributed by atoms with Crippen molar-refractivity contribution >= 4 is 27.6 Å². The van der Waals surface area contributed by atoms with Crippen molar-refractivity contribution in [1.82, 2.24) is 10.2 Å². The maximum Gasteiger partial charge on any atom is 0.262 e. The first-order valence-corrected chi connectivity index (χ1v) is 10.5. The van der Waals surface area contributed by atoms with Gasteiger partial charge in [0.05, 0.1) is 22.6 Å². The number of hydrogen-bond acceptors (Lipinski definition) is 5. The number of fused-ring (bicyclic) bond motifs is 1. The molecule has 2 aliphatic rings. The molecular weight excluding hydrogens is 356 g/mol. The number of rotatable bonds is 5. The molecule has 8 heteroatoms. The van der Waals surface area contributed by atoms with Gasteiger partial charge in [0.2, 0.25) is 5.91 Å². The van der Waals surface area contributed by atoms with Crippen LogP contribution in [-0.4, -0.2) is 54.6 Å². The Morgan fingerprint density at radius 2 is 1.77 bits per heavy atom. The molecule has 1 aromatic carbocycles. The Kier molecular flexibility index (Phi) is 4.88. The minimum absolute atomic E-state index is 0.0415. The molecule has 3 rings (SSSR count). The van der Waals surface area contributed by atoms with Crippen LogP contribution in [0.4, 0.5) is 0 Å². The Morgan fingerprint density at radius 3 is 2.23 bits per heavy atom. The number of sulfone groups is 1. The zero-order valence-electron chi connectivity index (χ0n) is 14.8. The van der Waals surface area contributed by atoms with E-state index in [0.717, 1.165) is 4.90 Å². The largest absolute Gasteiger partial charge is 0.351 e. The van der Waals surface area contributed by atoms with Gasteiger partial charge in [0.25, 0.3) is 11.8 Å². The fourth-order valence-electron chi connectivity index (χ4n) is 3.47. The second kappa shape index (κ2) is 6.83. The Hall–Kier alpha value is -2.22. The van der Waals surface area contributed by atoms with E-state index in [1.807, 2.05) is 13.8 Å². The fourth-order valence-corrected chi connectivity index (χ4v) is 5.15. The lowest BCUT2D eigenvalue weighted by Gasteiger charge is -2.27. The van der Waals surface area contributed by atoms with E-state index in [9.17, 15) is 22.8 Å². The quantitative estimate of drug-likeness (QED) is 0.771. The Labute approximate surface area is 152 Å². The Balaban J connectivity index is 1.84. The predicted molar refractivity (Wildman–Crippen MR) is 95.4 cm³/mol. The zero-order chi connectivity index (χ0) is 19.1. The highest BCUT2D eigenvalue weighted by Gasteiger charge is 2.43. The first kappa shape index (κ1) is 18.6. The number of carbonyl (C=O) groups is 3. The molecule has 1 fully saturated rings.